The Kier molecular flexibility index (Phi) is 4.65. The van der Waals surface area contributed by atoms with Crippen molar-refractivity contribution in [2.75, 3.05) is 19.3 Å². The van der Waals surface area contributed by atoms with Gasteiger partial charge < -0.3 is 11.1 Å². The third kappa shape index (κ3) is 3.30. The SMILES string of the molecule is CCCc1[nH]nc(C(=O)NCC(C)N(C)C2CC2)c1N. The molecule has 2 rings (SSSR count). The van der Waals surface area contributed by atoms with Gasteiger partial charge in [-0.15, -0.1) is 0 Å². The van der Waals surface area contributed by atoms with Gasteiger partial charge in [0.1, 0.15) is 0 Å². The molecule has 1 aliphatic carbocycles. The molecule has 1 aromatic rings. The van der Waals surface area contributed by atoms with Crippen molar-refractivity contribution in [3.05, 3.63) is 11.4 Å². The lowest BCUT2D eigenvalue weighted by molar-refractivity contribution is 0.0935. The minimum Gasteiger partial charge on any atom is -0.395 e. The fourth-order valence-corrected chi connectivity index (χ4v) is 2.31. The number of carbonyl (C=O) groups excluding carboxylic acids is 1. The first-order valence-electron chi connectivity index (χ1n) is 7.37. The van der Waals surface area contributed by atoms with Crippen LogP contribution in [0.2, 0.25) is 0 Å². The fourth-order valence-electron chi connectivity index (χ4n) is 2.31. The van der Waals surface area contributed by atoms with Gasteiger partial charge in [0.15, 0.2) is 5.69 Å². The Balaban J connectivity index is 1.88. The lowest BCUT2D eigenvalue weighted by Gasteiger charge is -2.24. The van der Waals surface area contributed by atoms with Crippen LogP contribution in [0.5, 0.6) is 0 Å². The molecule has 1 heterocycles. The molecule has 0 aliphatic heterocycles. The predicted octanol–water partition coefficient (Wildman–Crippen LogP) is 1.16. The Morgan fingerprint density at radius 1 is 1.60 bits per heavy atom. The summed E-state index contributed by atoms with van der Waals surface area (Å²) in [6.07, 6.45) is 4.31. The molecule has 1 saturated carbocycles. The molecule has 4 N–H and O–H groups in total. The molecule has 20 heavy (non-hydrogen) atoms. The van der Waals surface area contributed by atoms with Gasteiger partial charge in [0.2, 0.25) is 0 Å². The first-order chi connectivity index (χ1) is 9.54. The Morgan fingerprint density at radius 3 is 2.90 bits per heavy atom. The van der Waals surface area contributed by atoms with E-state index in [0.717, 1.165) is 18.5 Å². The molecule has 0 bridgehead atoms. The molecule has 1 aliphatic rings. The van der Waals surface area contributed by atoms with Gasteiger partial charge in [-0.1, -0.05) is 13.3 Å². The number of aryl methyl sites for hydroxylation is 1. The highest BCUT2D eigenvalue weighted by atomic mass is 16.2. The monoisotopic (exact) mass is 279 g/mol. The van der Waals surface area contributed by atoms with Crippen molar-refractivity contribution in [2.45, 2.75) is 51.6 Å². The van der Waals surface area contributed by atoms with Gasteiger partial charge in [-0.05, 0) is 33.2 Å². The van der Waals surface area contributed by atoms with Crippen molar-refractivity contribution >= 4 is 11.6 Å². The zero-order valence-electron chi connectivity index (χ0n) is 12.6. The number of likely N-dealkylation sites (N-methyl/N-ethyl adjacent to an activating group) is 1. The number of hydrogen-bond acceptors (Lipinski definition) is 4. The van der Waals surface area contributed by atoms with Crippen LogP contribution in [-0.2, 0) is 6.42 Å². The summed E-state index contributed by atoms with van der Waals surface area (Å²) in [5, 5.41) is 9.79. The molecule has 0 saturated heterocycles. The number of rotatable bonds is 7. The van der Waals surface area contributed by atoms with Gasteiger partial charge in [-0.3, -0.25) is 14.8 Å². The first-order valence-corrected chi connectivity index (χ1v) is 7.37. The molecule has 1 amide bonds. The maximum Gasteiger partial charge on any atom is 0.273 e. The summed E-state index contributed by atoms with van der Waals surface area (Å²) < 4.78 is 0. The number of anilines is 1. The maximum atomic E-state index is 12.1. The third-order valence-corrected chi connectivity index (χ3v) is 3.97. The molecule has 1 fully saturated rings. The minimum atomic E-state index is -0.197. The van der Waals surface area contributed by atoms with Crippen LogP contribution in [0.1, 0.15) is 49.3 Å². The number of nitrogens with zero attached hydrogens (tertiary/aromatic N) is 2. The number of nitrogen functional groups attached to an aromatic ring is 1. The summed E-state index contributed by atoms with van der Waals surface area (Å²) in [7, 11) is 2.11. The van der Waals surface area contributed by atoms with Crippen LogP contribution < -0.4 is 11.1 Å². The Labute approximate surface area is 120 Å². The van der Waals surface area contributed by atoms with Crippen molar-refractivity contribution in [2.24, 2.45) is 0 Å². The normalized spacial score (nSPS) is 16.4. The van der Waals surface area contributed by atoms with Gasteiger partial charge in [0.25, 0.3) is 5.91 Å². The number of amides is 1. The molecule has 1 atom stereocenters. The fraction of sp³-hybridized carbons (Fsp3) is 0.714. The zero-order valence-corrected chi connectivity index (χ0v) is 12.6. The second-order valence-electron chi connectivity index (χ2n) is 5.67. The van der Waals surface area contributed by atoms with Crippen LogP contribution in [0.15, 0.2) is 0 Å². The Hall–Kier alpha value is -1.56. The van der Waals surface area contributed by atoms with E-state index in [9.17, 15) is 4.79 Å². The summed E-state index contributed by atoms with van der Waals surface area (Å²) in [5.74, 6) is -0.197. The standard InChI is InChI=1S/C14H25N5O/c1-4-5-11-12(15)13(18-17-11)14(20)16-8-9(2)19(3)10-6-7-10/h9-10H,4-8,15H2,1-3H3,(H,16,20)(H,17,18). The second-order valence-corrected chi connectivity index (χ2v) is 5.67. The summed E-state index contributed by atoms with van der Waals surface area (Å²) >= 11 is 0. The lowest BCUT2D eigenvalue weighted by Crippen LogP contribution is -2.41. The van der Waals surface area contributed by atoms with E-state index in [1.54, 1.807) is 0 Å². The van der Waals surface area contributed by atoms with Gasteiger partial charge in [0.05, 0.1) is 11.4 Å². The van der Waals surface area contributed by atoms with Crippen LogP contribution in [0, 0.1) is 0 Å². The van der Waals surface area contributed by atoms with Crippen LogP contribution >= 0.6 is 0 Å². The molecule has 112 valence electrons. The van der Waals surface area contributed by atoms with Crippen molar-refractivity contribution in [1.29, 1.82) is 0 Å². The highest BCUT2D eigenvalue weighted by molar-refractivity contribution is 5.97. The molecule has 6 heteroatoms. The second kappa shape index (κ2) is 6.26. The largest absolute Gasteiger partial charge is 0.395 e. The van der Waals surface area contributed by atoms with Crippen molar-refractivity contribution in [3.8, 4) is 0 Å². The van der Waals surface area contributed by atoms with Crippen LogP contribution in [0.3, 0.4) is 0 Å². The highest BCUT2D eigenvalue weighted by Crippen LogP contribution is 2.26. The minimum absolute atomic E-state index is 0.197. The lowest BCUT2D eigenvalue weighted by atomic mass is 10.2. The molecule has 1 unspecified atom stereocenters. The topological polar surface area (TPSA) is 87.0 Å². The molecule has 1 aromatic heterocycles. The van der Waals surface area contributed by atoms with E-state index >= 15 is 0 Å². The van der Waals surface area contributed by atoms with E-state index in [0.29, 0.717) is 30.0 Å². The summed E-state index contributed by atoms with van der Waals surface area (Å²) in [6, 6.07) is 1.01. The molecule has 6 nitrogen and oxygen atoms in total. The average molecular weight is 279 g/mol. The van der Waals surface area contributed by atoms with E-state index in [1.165, 1.54) is 12.8 Å². The summed E-state index contributed by atoms with van der Waals surface area (Å²) in [4.78, 5) is 14.4. The highest BCUT2D eigenvalue weighted by Gasteiger charge is 2.29. The van der Waals surface area contributed by atoms with Gasteiger partial charge in [0, 0.05) is 18.6 Å². The van der Waals surface area contributed by atoms with E-state index in [2.05, 4.69) is 41.3 Å². The van der Waals surface area contributed by atoms with Crippen LogP contribution in [0.4, 0.5) is 5.69 Å². The first kappa shape index (κ1) is 14.8. The third-order valence-electron chi connectivity index (χ3n) is 3.97. The van der Waals surface area contributed by atoms with Gasteiger partial charge >= 0.3 is 0 Å². The number of aromatic amines is 1. The van der Waals surface area contributed by atoms with Crippen molar-refractivity contribution in [1.82, 2.24) is 20.4 Å². The number of aromatic nitrogens is 2. The van der Waals surface area contributed by atoms with E-state index in [-0.39, 0.29) is 5.91 Å². The summed E-state index contributed by atoms with van der Waals surface area (Å²) in [6.45, 7) is 4.80. The van der Waals surface area contributed by atoms with Crippen LogP contribution in [0.25, 0.3) is 0 Å². The quantitative estimate of drug-likeness (QED) is 0.699. The maximum absolute atomic E-state index is 12.1. The van der Waals surface area contributed by atoms with Crippen molar-refractivity contribution < 1.29 is 4.79 Å². The molecular weight excluding hydrogens is 254 g/mol. The van der Waals surface area contributed by atoms with E-state index < -0.39 is 0 Å². The molecular formula is C14H25N5O. The smallest absolute Gasteiger partial charge is 0.273 e. The van der Waals surface area contributed by atoms with E-state index in [1.807, 2.05) is 0 Å². The zero-order chi connectivity index (χ0) is 14.7. The van der Waals surface area contributed by atoms with Crippen molar-refractivity contribution in [3.63, 3.8) is 0 Å². The number of hydrogen-bond donors (Lipinski definition) is 3. The molecule has 0 radical (unpaired) electrons. The number of nitrogens with one attached hydrogen (secondary N) is 2. The molecule has 0 spiro atoms. The van der Waals surface area contributed by atoms with E-state index in [4.69, 9.17) is 5.73 Å². The number of carbonyl (C=O) groups is 1. The Bertz CT molecular complexity index is 466. The number of H-pyrrole nitrogens is 1. The number of nitrogens with two attached hydrogens (primary N) is 1. The van der Waals surface area contributed by atoms with Crippen LogP contribution in [-0.4, -0.2) is 46.7 Å². The Morgan fingerprint density at radius 2 is 2.30 bits per heavy atom. The predicted molar refractivity (Wildman–Crippen MR) is 79.6 cm³/mol. The molecule has 0 aromatic carbocycles. The van der Waals surface area contributed by atoms with Gasteiger partial charge in [-0.2, -0.15) is 5.10 Å². The summed E-state index contributed by atoms with van der Waals surface area (Å²) in [5.41, 5.74) is 7.59. The average Bonchev–Trinajstić information content (AvgIpc) is 3.21. The van der Waals surface area contributed by atoms with Gasteiger partial charge in [-0.25, -0.2) is 0 Å².